The summed E-state index contributed by atoms with van der Waals surface area (Å²) in [6.07, 6.45) is 0.623. The van der Waals surface area contributed by atoms with Crippen molar-refractivity contribution in [3.05, 3.63) is 35.9 Å². The Morgan fingerprint density at radius 2 is 1.94 bits per heavy atom. The van der Waals surface area contributed by atoms with Crippen molar-refractivity contribution in [1.29, 1.82) is 0 Å². The van der Waals surface area contributed by atoms with E-state index < -0.39 is 0 Å². The first-order chi connectivity index (χ1) is 7.70. The van der Waals surface area contributed by atoms with Crippen LogP contribution >= 0.6 is 0 Å². The van der Waals surface area contributed by atoms with Crippen LogP contribution in [0.3, 0.4) is 0 Å². The molecule has 0 atom stereocenters. The van der Waals surface area contributed by atoms with E-state index in [0.717, 1.165) is 0 Å². The Hall–Kier alpha value is -1.84. The molecule has 0 fully saturated rings. The molecule has 0 aliphatic rings. The molecule has 1 amide bonds. The topological polar surface area (TPSA) is 55.4 Å². The van der Waals surface area contributed by atoms with E-state index in [-0.39, 0.29) is 11.9 Å². The number of hydrogen-bond donors (Lipinski definition) is 1. The molecule has 1 N–H and O–H groups in total. The first-order valence-corrected chi connectivity index (χ1v) is 5.17. The van der Waals surface area contributed by atoms with E-state index >= 15 is 0 Å². The SMILES string of the molecule is CC(=O)NCCCOC(=O)c1ccccc1. The first-order valence-electron chi connectivity index (χ1n) is 5.17. The van der Waals surface area contributed by atoms with Gasteiger partial charge in [0, 0.05) is 13.5 Å². The molecule has 0 aliphatic carbocycles. The molecular weight excluding hydrogens is 206 g/mol. The summed E-state index contributed by atoms with van der Waals surface area (Å²) in [5.74, 6) is -0.405. The van der Waals surface area contributed by atoms with Gasteiger partial charge >= 0.3 is 5.97 Å². The Morgan fingerprint density at radius 3 is 2.56 bits per heavy atom. The Bertz CT molecular complexity index is 349. The maximum absolute atomic E-state index is 11.4. The van der Waals surface area contributed by atoms with Crippen molar-refractivity contribution < 1.29 is 14.3 Å². The highest BCUT2D eigenvalue weighted by molar-refractivity contribution is 5.89. The van der Waals surface area contributed by atoms with Crippen LogP contribution in [0.4, 0.5) is 0 Å². The predicted octanol–water partition coefficient (Wildman–Crippen LogP) is 1.37. The Kier molecular flexibility index (Phi) is 5.05. The summed E-state index contributed by atoms with van der Waals surface area (Å²) < 4.78 is 5.02. The number of esters is 1. The van der Waals surface area contributed by atoms with Crippen molar-refractivity contribution >= 4 is 11.9 Å². The molecule has 4 nitrogen and oxygen atoms in total. The molecule has 1 rings (SSSR count). The summed E-state index contributed by atoms with van der Waals surface area (Å²) in [6, 6.07) is 8.82. The summed E-state index contributed by atoms with van der Waals surface area (Å²) in [6.45, 7) is 2.29. The van der Waals surface area contributed by atoms with Gasteiger partial charge in [0.2, 0.25) is 5.91 Å². The minimum Gasteiger partial charge on any atom is -0.462 e. The van der Waals surface area contributed by atoms with Crippen LogP contribution in [0.15, 0.2) is 30.3 Å². The number of carbonyl (C=O) groups excluding carboxylic acids is 2. The predicted molar refractivity (Wildman–Crippen MR) is 60.0 cm³/mol. The zero-order valence-corrected chi connectivity index (χ0v) is 9.23. The number of hydrogen-bond acceptors (Lipinski definition) is 3. The van der Waals surface area contributed by atoms with Crippen LogP contribution in [0.5, 0.6) is 0 Å². The average Bonchev–Trinajstić information content (AvgIpc) is 2.29. The molecule has 0 unspecified atom stereocenters. The van der Waals surface area contributed by atoms with E-state index in [2.05, 4.69) is 5.32 Å². The van der Waals surface area contributed by atoms with Crippen molar-refractivity contribution in [2.75, 3.05) is 13.2 Å². The van der Waals surface area contributed by atoms with Crippen LogP contribution in [-0.2, 0) is 9.53 Å². The second-order valence-electron chi connectivity index (χ2n) is 3.34. The highest BCUT2D eigenvalue weighted by Gasteiger charge is 2.04. The molecule has 0 heterocycles. The van der Waals surface area contributed by atoms with Crippen LogP contribution in [-0.4, -0.2) is 25.0 Å². The Morgan fingerprint density at radius 1 is 1.25 bits per heavy atom. The molecule has 0 saturated heterocycles. The van der Waals surface area contributed by atoms with Gasteiger partial charge in [-0.3, -0.25) is 4.79 Å². The van der Waals surface area contributed by atoms with Gasteiger partial charge in [0.05, 0.1) is 12.2 Å². The summed E-state index contributed by atoms with van der Waals surface area (Å²) in [5.41, 5.74) is 0.544. The molecular formula is C12H15NO3. The number of benzene rings is 1. The third kappa shape index (κ3) is 4.59. The largest absolute Gasteiger partial charge is 0.462 e. The quantitative estimate of drug-likeness (QED) is 0.603. The van der Waals surface area contributed by atoms with Crippen LogP contribution < -0.4 is 5.32 Å². The van der Waals surface area contributed by atoms with Crippen molar-refractivity contribution in [2.24, 2.45) is 0 Å². The number of rotatable bonds is 5. The molecule has 0 aliphatic heterocycles. The van der Waals surface area contributed by atoms with Crippen molar-refractivity contribution in [3.8, 4) is 0 Å². The van der Waals surface area contributed by atoms with Crippen molar-refractivity contribution in [3.63, 3.8) is 0 Å². The highest BCUT2D eigenvalue weighted by atomic mass is 16.5. The van der Waals surface area contributed by atoms with Crippen LogP contribution in [0, 0.1) is 0 Å². The van der Waals surface area contributed by atoms with Gasteiger partial charge in [-0.15, -0.1) is 0 Å². The minimum absolute atomic E-state index is 0.0746. The zero-order valence-electron chi connectivity index (χ0n) is 9.23. The van der Waals surface area contributed by atoms with E-state index in [1.165, 1.54) is 6.92 Å². The number of nitrogens with one attached hydrogen (secondary N) is 1. The monoisotopic (exact) mass is 221 g/mol. The third-order valence-electron chi connectivity index (χ3n) is 1.94. The summed E-state index contributed by atoms with van der Waals surface area (Å²) in [5, 5.41) is 2.63. The van der Waals surface area contributed by atoms with Crippen LogP contribution in [0.25, 0.3) is 0 Å². The lowest BCUT2D eigenvalue weighted by atomic mass is 10.2. The second kappa shape index (κ2) is 6.61. The van der Waals surface area contributed by atoms with Gasteiger partial charge in [-0.2, -0.15) is 0 Å². The normalized spacial score (nSPS) is 9.56. The molecule has 0 radical (unpaired) electrons. The first kappa shape index (κ1) is 12.2. The maximum atomic E-state index is 11.4. The van der Waals surface area contributed by atoms with Crippen LogP contribution in [0.1, 0.15) is 23.7 Å². The van der Waals surface area contributed by atoms with Gasteiger partial charge in [0.25, 0.3) is 0 Å². The van der Waals surface area contributed by atoms with Gasteiger partial charge in [-0.05, 0) is 18.6 Å². The van der Waals surface area contributed by atoms with E-state index in [1.54, 1.807) is 24.3 Å². The number of amides is 1. The maximum Gasteiger partial charge on any atom is 0.338 e. The van der Waals surface area contributed by atoms with Gasteiger partial charge in [0.15, 0.2) is 0 Å². The standard InChI is InChI=1S/C12H15NO3/c1-10(14)13-8-5-9-16-12(15)11-6-3-2-4-7-11/h2-4,6-7H,5,8-9H2,1H3,(H,13,14). The van der Waals surface area contributed by atoms with E-state index in [4.69, 9.17) is 4.74 Å². The van der Waals surface area contributed by atoms with E-state index in [9.17, 15) is 9.59 Å². The molecule has 1 aromatic carbocycles. The summed E-state index contributed by atoms with van der Waals surface area (Å²) >= 11 is 0. The Balaban J connectivity index is 2.19. The number of ether oxygens (including phenoxy) is 1. The average molecular weight is 221 g/mol. The fourth-order valence-corrected chi connectivity index (χ4v) is 1.16. The zero-order chi connectivity index (χ0) is 11.8. The summed E-state index contributed by atoms with van der Waals surface area (Å²) in [7, 11) is 0. The molecule has 0 bridgehead atoms. The molecule has 0 saturated carbocycles. The molecule has 0 spiro atoms. The molecule has 16 heavy (non-hydrogen) atoms. The smallest absolute Gasteiger partial charge is 0.338 e. The lowest BCUT2D eigenvalue weighted by Crippen LogP contribution is -2.22. The lowest BCUT2D eigenvalue weighted by molar-refractivity contribution is -0.118. The number of carbonyl (C=O) groups is 2. The summed E-state index contributed by atoms with van der Waals surface area (Å²) in [4.78, 5) is 22.0. The fraction of sp³-hybridized carbons (Fsp3) is 0.333. The van der Waals surface area contributed by atoms with Gasteiger partial charge in [-0.25, -0.2) is 4.79 Å². The van der Waals surface area contributed by atoms with Gasteiger partial charge in [-0.1, -0.05) is 18.2 Å². The van der Waals surface area contributed by atoms with E-state index in [1.807, 2.05) is 6.07 Å². The lowest BCUT2D eigenvalue weighted by Gasteiger charge is -2.04. The Labute approximate surface area is 94.6 Å². The van der Waals surface area contributed by atoms with Crippen molar-refractivity contribution in [2.45, 2.75) is 13.3 Å². The van der Waals surface area contributed by atoms with Gasteiger partial charge < -0.3 is 10.1 Å². The fourth-order valence-electron chi connectivity index (χ4n) is 1.16. The molecule has 0 aromatic heterocycles. The minimum atomic E-state index is -0.330. The van der Waals surface area contributed by atoms with Crippen LogP contribution in [0.2, 0.25) is 0 Å². The van der Waals surface area contributed by atoms with Gasteiger partial charge in [0.1, 0.15) is 0 Å². The molecule has 1 aromatic rings. The molecule has 86 valence electrons. The third-order valence-corrected chi connectivity index (χ3v) is 1.94. The highest BCUT2D eigenvalue weighted by Crippen LogP contribution is 2.00. The molecule has 4 heteroatoms. The van der Waals surface area contributed by atoms with E-state index in [0.29, 0.717) is 25.1 Å². The second-order valence-corrected chi connectivity index (χ2v) is 3.34. The van der Waals surface area contributed by atoms with Crippen molar-refractivity contribution in [1.82, 2.24) is 5.32 Å².